The third-order valence-electron chi connectivity index (χ3n) is 3.94. The molecule has 0 aromatic carbocycles. The molecular weight excluding hydrogens is 290 g/mol. The number of amides is 2. The van der Waals surface area contributed by atoms with Crippen molar-refractivity contribution in [3.05, 3.63) is 0 Å². The highest BCUT2D eigenvalue weighted by atomic mass is 32.2. The fraction of sp³-hybridized carbons (Fsp3) is 0.857. The molecule has 0 saturated carbocycles. The lowest BCUT2D eigenvalue weighted by Gasteiger charge is -2.28. The van der Waals surface area contributed by atoms with E-state index < -0.39 is 12.0 Å². The second-order valence-corrected chi connectivity index (χ2v) is 6.41. The van der Waals surface area contributed by atoms with Gasteiger partial charge >= 0.3 is 12.0 Å². The number of carbonyl (C=O) groups is 2. The number of nitrogens with zero attached hydrogens (tertiary/aromatic N) is 2. The van der Waals surface area contributed by atoms with Crippen molar-refractivity contribution >= 4 is 23.8 Å². The Labute approximate surface area is 131 Å². The summed E-state index contributed by atoms with van der Waals surface area (Å²) >= 11 is 1.58. The Hall–Kier alpha value is -0.950. The quantitative estimate of drug-likeness (QED) is 0.706. The van der Waals surface area contributed by atoms with Crippen molar-refractivity contribution in [3.8, 4) is 0 Å². The average Bonchev–Trinajstić information content (AvgIpc) is 2.89. The molecule has 2 N–H and O–H groups in total. The molecule has 1 rings (SSSR count). The molecule has 21 heavy (non-hydrogen) atoms. The number of urea groups is 1. The molecule has 0 aliphatic carbocycles. The van der Waals surface area contributed by atoms with Crippen molar-refractivity contribution in [2.24, 2.45) is 0 Å². The Bertz CT molecular complexity index is 354. The number of carboxylic acid groups (broad SMARTS) is 1. The largest absolute Gasteiger partial charge is 0.480 e. The molecule has 1 aliphatic heterocycles. The predicted octanol–water partition coefficient (Wildman–Crippen LogP) is 1.32. The third-order valence-corrected chi connectivity index (χ3v) is 4.59. The number of hydrogen-bond donors (Lipinski definition) is 2. The van der Waals surface area contributed by atoms with E-state index in [1.54, 1.807) is 23.7 Å². The minimum absolute atomic E-state index is 0.300. The zero-order valence-electron chi connectivity index (χ0n) is 13.2. The van der Waals surface area contributed by atoms with E-state index in [0.717, 1.165) is 19.5 Å². The molecule has 2 atom stereocenters. The summed E-state index contributed by atoms with van der Waals surface area (Å²) in [5, 5.41) is 11.8. The minimum Gasteiger partial charge on any atom is -0.480 e. The summed E-state index contributed by atoms with van der Waals surface area (Å²) in [5.74, 6) is -0.255. The summed E-state index contributed by atoms with van der Waals surface area (Å²) in [7, 11) is 1.73. The number of nitrogens with one attached hydrogen (secondary N) is 1. The van der Waals surface area contributed by atoms with E-state index in [0.29, 0.717) is 24.8 Å². The molecule has 7 heteroatoms. The molecule has 122 valence electrons. The van der Waals surface area contributed by atoms with Crippen LogP contribution < -0.4 is 5.32 Å². The SMILES string of the molecule is CCN1CCCC1CN(C)C(=O)N[C@@H](CCSC)C(=O)O. The van der Waals surface area contributed by atoms with Gasteiger partial charge in [0.15, 0.2) is 0 Å². The Morgan fingerprint density at radius 2 is 2.24 bits per heavy atom. The summed E-state index contributed by atoms with van der Waals surface area (Å²) in [5.41, 5.74) is 0. The summed E-state index contributed by atoms with van der Waals surface area (Å²) in [4.78, 5) is 27.3. The molecule has 1 unspecified atom stereocenters. The van der Waals surface area contributed by atoms with Gasteiger partial charge in [0.05, 0.1) is 0 Å². The number of rotatable bonds is 8. The van der Waals surface area contributed by atoms with Gasteiger partial charge in [-0.25, -0.2) is 9.59 Å². The van der Waals surface area contributed by atoms with Gasteiger partial charge in [0.25, 0.3) is 0 Å². The first-order valence-corrected chi connectivity index (χ1v) is 8.86. The maximum Gasteiger partial charge on any atom is 0.326 e. The maximum atomic E-state index is 12.1. The molecule has 1 heterocycles. The van der Waals surface area contributed by atoms with Gasteiger partial charge in [-0.15, -0.1) is 0 Å². The second-order valence-electron chi connectivity index (χ2n) is 5.43. The zero-order valence-corrected chi connectivity index (χ0v) is 14.0. The Kier molecular flexibility index (Phi) is 7.88. The lowest BCUT2D eigenvalue weighted by molar-refractivity contribution is -0.139. The summed E-state index contributed by atoms with van der Waals surface area (Å²) in [6, 6.07) is -0.718. The molecule has 1 fully saturated rings. The summed E-state index contributed by atoms with van der Waals surface area (Å²) < 4.78 is 0. The first-order valence-electron chi connectivity index (χ1n) is 7.47. The normalized spacial score (nSPS) is 20.2. The molecule has 0 aromatic heterocycles. The van der Waals surface area contributed by atoms with Crippen LogP contribution in [0.3, 0.4) is 0 Å². The smallest absolute Gasteiger partial charge is 0.326 e. The zero-order chi connectivity index (χ0) is 15.8. The molecule has 2 amide bonds. The van der Waals surface area contributed by atoms with E-state index in [-0.39, 0.29) is 6.03 Å². The molecule has 0 aromatic rings. The van der Waals surface area contributed by atoms with Crippen molar-refractivity contribution < 1.29 is 14.7 Å². The molecule has 6 nitrogen and oxygen atoms in total. The molecule has 1 aliphatic rings. The van der Waals surface area contributed by atoms with Gasteiger partial charge in [0.1, 0.15) is 6.04 Å². The van der Waals surface area contributed by atoms with Crippen LogP contribution in [0, 0.1) is 0 Å². The van der Waals surface area contributed by atoms with Crippen molar-refractivity contribution in [1.29, 1.82) is 0 Å². The highest BCUT2D eigenvalue weighted by molar-refractivity contribution is 7.98. The standard InChI is InChI=1S/C14H27N3O3S/c1-4-17-8-5-6-11(17)10-16(2)14(20)15-12(13(18)19)7-9-21-3/h11-12H,4-10H2,1-3H3,(H,15,20)(H,18,19)/t11?,12-/m0/s1. The monoisotopic (exact) mass is 317 g/mol. The van der Waals surface area contributed by atoms with E-state index in [2.05, 4.69) is 17.1 Å². The predicted molar refractivity (Wildman–Crippen MR) is 85.9 cm³/mol. The van der Waals surface area contributed by atoms with Crippen molar-refractivity contribution in [1.82, 2.24) is 15.1 Å². The molecule has 0 radical (unpaired) electrons. The first kappa shape index (κ1) is 18.1. The number of thioether (sulfide) groups is 1. The van der Waals surface area contributed by atoms with E-state index in [1.807, 2.05) is 6.26 Å². The number of hydrogen-bond acceptors (Lipinski definition) is 4. The van der Waals surface area contributed by atoms with Gasteiger partial charge in [-0.2, -0.15) is 11.8 Å². The van der Waals surface area contributed by atoms with Crippen molar-refractivity contribution in [2.45, 2.75) is 38.3 Å². The molecule has 0 bridgehead atoms. The van der Waals surface area contributed by atoms with Gasteiger partial charge in [-0.3, -0.25) is 4.90 Å². The van der Waals surface area contributed by atoms with Crippen LogP contribution in [0.1, 0.15) is 26.2 Å². The van der Waals surface area contributed by atoms with Crippen LogP contribution in [0.25, 0.3) is 0 Å². The van der Waals surface area contributed by atoms with Gasteiger partial charge in [-0.1, -0.05) is 6.92 Å². The molecular formula is C14H27N3O3S. The van der Waals surface area contributed by atoms with Crippen molar-refractivity contribution in [2.75, 3.05) is 38.7 Å². The number of carboxylic acids is 1. The fourth-order valence-electron chi connectivity index (χ4n) is 2.67. The second kappa shape index (κ2) is 9.15. The first-order chi connectivity index (χ1) is 9.99. The summed E-state index contributed by atoms with van der Waals surface area (Å²) in [6.07, 6.45) is 4.63. The van der Waals surface area contributed by atoms with E-state index in [4.69, 9.17) is 5.11 Å². The van der Waals surface area contributed by atoms with Gasteiger partial charge in [0, 0.05) is 19.6 Å². The number of likely N-dealkylation sites (tertiary alicyclic amines) is 1. The number of aliphatic carboxylic acids is 1. The highest BCUT2D eigenvalue weighted by Gasteiger charge is 2.27. The minimum atomic E-state index is -0.971. The Morgan fingerprint density at radius 1 is 1.52 bits per heavy atom. The Balaban J connectivity index is 2.46. The molecule has 0 spiro atoms. The summed E-state index contributed by atoms with van der Waals surface area (Å²) in [6.45, 7) is 4.85. The van der Waals surface area contributed by atoms with Crippen LogP contribution >= 0.6 is 11.8 Å². The van der Waals surface area contributed by atoms with Crippen molar-refractivity contribution in [3.63, 3.8) is 0 Å². The lowest BCUT2D eigenvalue weighted by Crippen LogP contribution is -2.50. The van der Waals surface area contributed by atoms with E-state index >= 15 is 0 Å². The van der Waals surface area contributed by atoms with Gasteiger partial charge < -0.3 is 15.3 Å². The van der Waals surface area contributed by atoms with E-state index in [9.17, 15) is 9.59 Å². The lowest BCUT2D eigenvalue weighted by atomic mass is 10.2. The highest BCUT2D eigenvalue weighted by Crippen LogP contribution is 2.17. The Morgan fingerprint density at radius 3 is 2.81 bits per heavy atom. The number of carbonyl (C=O) groups excluding carboxylic acids is 1. The van der Waals surface area contributed by atoms with Crippen LogP contribution in [0.15, 0.2) is 0 Å². The maximum absolute atomic E-state index is 12.1. The third kappa shape index (κ3) is 5.74. The van der Waals surface area contributed by atoms with Crippen LogP contribution in [-0.4, -0.2) is 77.7 Å². The fourth-order valence-corrected chi connectivity index (χ4v) is 3.14. The van der Waals surface area contributed by atoms with Gasteiger partial charge in [-0.05, 0) is 44.4 Å². The molecule has 1 saturated heterocycles. The van der Waals surface area contributed by atoms with Gasteiger partial charge in [0.2, 0.25) is 0 Å². The van der Waals surface area contributed by atoms with Crippen LogP contribution in [0.2, 0.25) is 0 Å². The number of likely N-dealkylation sites (N-methyl/N-ethyl adjacent to an activating group) is 2. The van der Waals surface area contributed by atoms with E-state index in [1.165, 1.54) is 6.42 Å². The van der Waals surface area contributed by atoms with Crippen LogP contribution in [0.4, 0.5) is 4.79 Å². The van der Waals surface area contributed by atoms with Crippen LogP contribution in [-0.2, 0) is 4.79 Å². The van der Waals surface area contributed by atoms with Crippen LogP contribution in [0.5, 0.6) is 0 Å². The topological polar surface area (TPSA) is 72.9 Å². The average molecular weight is 317 g/mol.